The minimum absolute atomic E-state index is 0.0115. The molecule has 1 aromatic carbocycles. The van der Waals surface area contributed by atoms with Gasteiger partial charge in [-0.25, -0.2) is 0 Å². The molecule has 2 rings (SSSR count). The second-order valence-corrected chi connectivity index (χ2v) is 5.38. The van der Waals surface area contributed by atoms with Crippen LogP contribution in [-0.4, -0.2) is 18.4 Å². The third kappa shape index (κ3) is 2.58. The van der Waals surface area contributed by atoms with E-state index in [4.69, 9.17) is 0 Å². The molecule has 1 aliphatic rings. The van der Waals surface area contributed by atoms with Crippen molar-refractivity contribution in [2.45, 2.75) is 0 Å². The van der Waals surface area contributed by atoms with Crippen LogP contribution in [0, 0.1) is 0 Å². The van der Waals surface area contributed by atoms with E-state index in [0.717, 1.165) is 21.1 Å². The zero-order chi connectivity index (χ0) is 12.3. The number of benzene rings is 1. The molecule has 0 atom stereocenters. The van der Waals surface area contributed by atoms with Gasteiger partial charge in [0.2, 0.25) is 0 Å². The average molecular weight is 263 g/mol. The Morgan fingerprint density at radius 1 is 1.12 bits per heavy atom. The Labute approximate surface area is 110 Å². The molecule has 0 spiro atoms. The first-order chi connectivity index (χ1) is 8.26. The SMILES string of the molecule is CSC(SC)=C1C=C(c2ccccc2)NC1=O. The fraction of sp³-hybridized carbons (Fsp3) is 0.154. The van der Waals surface area contributed by atoms with Gasteiger partial charge in [-0.3, -0.25) is 4.79 Å². The third-order valence-electron chi connectivity index (χ3n) is 2.46. The summed E-state index contributed by atoms with van der Waals surface area (Å²) in [7, 11) is 0. The van der Waals surface area contributed by atoms with E-state index >= 15 is 0 Å². The molecular formula is C13H13NOS2. The van der Waals surface area contributed by atoms with Gasteiger partial charge in [-0.05, 0) is 24.2 Å². The summed E-state index contributed by atoms with van der Waals surface area (Å²) in [6.07, 6.45) is 5.90. The van der Waals surface area contributed by atoms with Gasteiger partial charge in [0.25, 0.3) is 5.91 Å². The van der Waals surface area contributed by atoms with Crippen LogP contribution in [0.5, 0.6) is 0 Å². The largest absolute Gasteiger partial charge is 0.321 e. The molecule has 17 heavy (non-hydrogen) atoms. The molecule has 2 nitrogen and oxygen atoms in total. The topological polar surface area (TPSA) is 29.1 Å². The van der Waals surface area contributed by atoms with Crippen molar-refractivity contribution >= 4 is 35.1 Å². The van der Waals surface area contributed by atoms with Crippen molar-refractivity contribution in [3.63, 3.8) is 0 Å². The van der Waals surface area contributed by atoms with Gasteiger partial charge in [-0.1, -0.05) is 30.3 Å². The van der Waals surface area contributed by atoms with Crippen LogP contribution < -0.4 is 5.32 Å². The van der Waals surface area contributed by atoms with Gasteiger partial charge in [-0.2, -0.15) is 0 Å². The first kappa shape index (κ1) is 12.3. The van der Waals surface area contributed by atoms with Crippen molar-refractivity contribution in [3.8, 4) is 0 Å². The second kappa shape index (κ2) is 5.47. The molecule has 0 unspecified atom stereocenters. The van der Waals surface area contributed by atoms with Crippen LogP contribution in [0.2, 0.25) is 0 Å². The maximum absolute atomic E-state index is 11.9. The summed E-state index contributed by atoms with van der Waals surface area (Å²) in [4.78, 5) is 11.9. The van der Waals surface area contributed by atoms with Crippen molar-refractivity contribution < 1.29 is 4.79 Å². The molecular weight excluding hydrogens is 250 g/mol. The van der Waals surface area contributed by atoms with E-state index in [1.807, 2.05) is 48.9 Å². The van der Waals surface area contributed by atoms with Crippen molar-refractivity contribution in [2.24, 2.45) is 0 Å². The van der Waals surface area contributed by atoms with Gasteiger partial charge in [0.1, 0.15) is 0 Å². The van der Waals surface area contributed by atoms with Gasteiger partial charge >= 0.3 is 0 Å². The van der Waals surface area contributed by atoms with Crippen LogP contribution in [0.1, 0.15) is 5.56 Å². The smallest absolute Gasteiger partial charge is 0.257 e. The van der Waals surface area contributed by atoms with E-state index in [1.165, 1.54) is 0 Å². The number of carbonyl (C=O) groups is 1. The highest BCUT2D eigenvalue weighted by Crippen LogP contribution is 2.32. The highest BCUT2D eigenvalue weighted by atomic mass is 32.2. The van der Waals surface area contributed by atoms with Crippen LogP contribution in [0.25, 0.3) is 5.70 Å². The van der Waals surface area contributed by atoms with Crippen LogP contribution in [0.15, 0.2) is 46.2 Å². The highest BCUT2D eigenvalue weighted by molar-refractivity contribution is 8.21. The molecule has 1 N–H and O–H groups in total. The Morgan fingerprint density at radius 3 is 2.35 bits per heavy atom. The standard InChI is InChI=1S/C13H13NOS2/c1-16-13(17-2)10-8-11(14-12(10)15)9-6-4-3-5-7-9/h3-8H,1-2H3,(H,14,15). The molecule has 88 valence electrons. The predicted octanol–water partition coefficient (Wildman–Crippen LogP) is 3.09. The first-order valence-corrected chi connectivity index (χ1v) is 7.62. The number of rotatable bonds is 3. The zero-order valence-electron chi connectivity index (χ0n) is 9.69. The second-order valence-electron chi connectivity index (χ2n) is 3.49. The Morgan fingerprint density at radius 2 is 1.76 bits per heavy atom. The Kier molecular flexibility index (Phi) is 3.97. The van der Waals surface area contributed by atoms with E-state index in [9.17, 15) is 4.79 Å². The number of hydrogen-bond acceptors (Lipinski definition) is 3. The normalized spacial score (nSPS) is 14.6. The first-order valence-electron chi connectivity index (χ1n) is 5.17. The Bertz CT molecular complexity index is 485. The Balaban J connectivity index is 2.39. The van der Waals surface area contributed by atoms with Crippen molar-refractivity contribution in [2.75, 3.05) is 12.5 Å². The quantitative estimate of drug-likeness (QED) is 0.850. The summed E-state index contributed by atoms with van der Waals surface area (Å²) < 4.78 is 1.05. The lowest BCUT2D eigenvalue weighted by atomic mass is 10.1. The lowest BCUT2D eigenvalue weighted by molar-refractivity contribution is -0.115. The predicted molar refractivity (Wildman–Crippen MR) is 76.6 cm³/mol. The molecule has 1 heterocycles. The molecule has 0 saturated carbocycles. The lowest BCUT2D eigenvalue weighted by Crippen LogP contribution is -2.16. The van der Waals surface area contributed by atoms with E-state index in [0.29, 0.717) is 0 Å². The number of hydrogen-bond donors (Lipinski definition) is 1. The highest BCUT2D eigenvalue weighted by Gasteiger charge is 2.21. The van der Waals surface area contributed by atoms with Crippen LogP contribution >= 0.6 is 23.5 Å². The molecule has 0 radical (unpaired) electrons. The maximum atomic E-state index is 11.9. The minimum Gasteiger partial charge on any atom is -0.321 e. The number of amides is 1. The van der Waals surface area contributed by atoms with Crippen molar-refractivity contribution in [3.05, 3.63) is 51.8 Å². The fourth-order valence-electron chi connectivity index (χ4n) is 1.66. The van der Waals surface area contributed by atoms with E-state index in [1.54, 1.807) is 23.5 Å². The Hall–Kier alpha value is -1.13. The molecule has 4 heteroatoms. The summed E-state index contributed by atoms with van der Waals surface area (Å²) in [6.45, 7) is 0. The third-order valence-corrected chi connectivity index (χ3v) is 4.64. The van der Waals surface area contributed by atoms with E-state index < -0.39 is 0 Å². The van der Waals surface area contributed by atoms with Gasteiger partial charge in [-0.15, -0.1) is 23.5 Å². The molecule has 1 aromatic rings. The van der Waals surface area contributed by atoms with Gasteiger partial charge in [0.15, 0.2) is 0 Å². The van der Waals surface area contributed by atoms with E-state index in [2.05, 4.69) is 5.32 Å². The van der Waals surface area contributed by atoms with Crippen molar-refractivity contribution in [1.29, 1.82) is 0 Å². The maximum Gasteiger partial charge on any atom is 0.257 e. The zero-order valence-corrected chi connectivity index (χ0v) is 11.3. The number of thioether (sulfide) groups is 2. The fourth-order valence-corrected chi connectivity index (χ4v) is 3.07. The lowest BCUT2D eigenvalue weighted by Gasteiger charge is -2.02. The minimum atomic E-state index is -0.0115. The van der Waals surface area contributed by atoms with Gasteiger partial charge < -0.3 is 5.32 Å². The molecule has 0 aromatic heterocycles. The van der Waals surface area contributed by atoms with E-state index in [-0.39, 0.29) is 5.91 Å². The molecule has 0 saturated heterocycles. The van der Waals surface area contributed by atoms with Gasteiger partial charge in [0, 0.05) is 5.70 Å². The summed E-state index contributed by atoms with van der Waals surface area (Å²) in [6, 6.07) is 9.88. The molecule has 0 fully saturated rings. The summed E-state index contributed by atoms with van der Waals surface area (Å²) >= 11 is 3.21. The molecule has 1 aliphatic heterocycles. The van der Waals surface area contributed by atoms with Crippen LogP contribution in [0.3, 0.4) is 0 Å². The van der Waals surface area contributed by atoms with Gasteiger partial charge in [0.05, 0.1) is 9.81 Å². The number of nitrogens with one attached hydrogen (secondary N) is 1. The summed E-state index contributed by atoms with van der Waals surface area (Å²) in [5.41, 5.74) is 2.69. The summed E-state index contributed by atoms with van der Waals surface area (Å²) in [5.74, 6) is -0.0115. The molecule has 1 amide bonds. The summed E-state index contributed by atoms with van der Waals surface area (Å²) in [5, 5.41) is 2.91. The number of carbonyl (C=O) groups excluding carboxylic acids is 1. The average Bonchev–Trinajstić information content (AvgIpc) is 2.75. The van der Waals surface area contributed by atoms with Crippen LogP contribution in [-0.2, 0) is 4.79 Å². The molecule has 0 bridgehead atoms. The van der Waals surface area contributed by atoms with Crippen LogP contribution in [0.4, 0.5) is 0 Å². The monoisotopic (exact) mass is 263 g/mol. The molecule has 0 aliphatic carbocycles. The van der Waals surface area contributed by atoms with Crippen molar-refractivity contribution in [1.82, 2.24) is 5.32 Å².